The molecule has 0 spiro atoms. The highest BCUT2D eigenvalue weighted by molar-refractivity contribution is 6.34. The van der Waals surface area contributed by atoms with Crippen LogP contribution in [0.15, 0.2) is 29.8 Å². The van der Waals surface area contributed by atoms with Crippen LogP contribution in [-0.4, -0.2) is 51.5 Å². The first-order valence-electron chi connectivity index (χ1n) is 7.55. The molecule has 3 rings (SSSR count). The van der Waals surface area contributed by atoms with Crippen molar-refractivity contribution in [3.8, 4) is 5.69 Å². The second kappa shape index (κ2) is 6.59. The molecule has 1 aliphatic heterocycles. The van der Waals surface area contributed by atoms with Gasteiger partial charge in [0, 0.05) is 24.7 Å². The maximum Gasteiger partial charge on any atom is 0.333 e. The van der Waals surface area contributed by atoms with Crippen molar-refractivity contribution in [2.75, 3.05) is 14.1 Å². The van der Waals surface area contributed by atoms with E-state index in [4.69, 9.17) is 23.2 Å². The van der Waals surface area contributed by atoms with Gasteiger partial charge in [0.15, 0.2) is 0 Å². The van der Waals surface area contributed by atoms with Gasteiger partial charge in [-0.05, 0) is 31.2 Å². The summed E-state index contributed by atoms with van der Waals surface area (Å²) in [7, 11) is 2.62. The van der Waals surface area contributed by atoms with Crippen LogP contribution in [0, 0.1) is 6.92 Å². The number of carbonyl (C=O) groups is 3. The molecule has 2 aromatic rings. The van der Waals surface area contributed by atoms with Gasteiger partial charge in [-0.3, -0.25) is 19.4 Å². The van der Waals surface area contributed by atoms with E-state index in [-0.39, 0.29) is 10.7 Å². The van der Waals surface area contributed by atoms with Crippen molar-refractivity contribution < 1.29 is 14.4 Å². The third-order valence-corrected chi connectivity index (χ3v) is 4.63. The molecule has 26 heavy (non-hydrogen) atoms. The molecule has 1 aromatic heterocycles. The number of aryl methyl sites for hydroxylation is 1. The van der Waals surface area contributed by atoms with E-state index in [2.05, 4.69) is 5.10 Å². The number of imide groups is 2. The molecule has 1 fully saturated rings. The van der Waals surface area contributed by atoms with Crippen molar-refractivity contribution in [1.82, 2.24) is 19.6 Å². The zero-order valence-electron chi connectivity index (χ0n) is 14.2. The number of nitrogens with zero attached hydrogens (tertiary/aromatic N) is 4. The van der Waals surface area contributed by atoms with Crippen LogP contribution >= 0.6 is 23.2 Å². The average molecular weight is 393 g/mol. The molecule has 9 heteroatoms. The first-order chi connectivity index (χ1) is 12.2. The topological polar surface area (TPSA) is 75.5 Å². The second-order valence-electron chi connectivity index (χ2n) is 5.75. The quantitative estimate of drug-likeness (QED) is 0.581. The van der Waals surface area contributed by atoms with E-state index < -0.39 is 17.8 Å². The van der Waals surface area contributed by atoms with Gasteiger partial charge < -0.3 is 0 Å². The van der Waals surface area contributed by atoms with Crippen LogP contribution in [0.5, 0.6) is 0 Å². The van der Waals surface area contributed by atoms with Crippen molar-refractivity contribution in [3.63, 3.8) is 0 Å². The molecule has 0 unspecified atom stereocenters. The van der Waals surface area contributed by atoms with Crippen LogP contribution in [0.3, 0.4) is 0 Å². The zero-order valence-corrected chi connectivity index (χ0v) is 15.7. The Balaban J connectivity index is 2.11. The third-order valence-electron chi connectivity index (χ3n) is 4.03. The predicted octanol–water partition coefficient (Wildman–Crippen LogP) is 2.92. The molecular weight excluding hydrogens is 379 g/mol. The number of halogens is 2. The molecule has 4 amide bonds. The molecule has 0 aliphatic carbocycles. The lowest BCUT2D eigenvalue weighted by molar-refractivity contribution is -0.134. The van der Waals surface area contributed by atoms with Gasteiger partial charge in [-0.15, -0.1) is 0 Å². The van der Waals surface area contributed by atoms with Crippen molar-refractivity contribution in [2.45, 2.75) is 6.92 Å². The first-order valence-corrected chi connectivity index (χ1v) is 8.30. The summed E-state index contributed by atoms with van der Waals surface area (Å²) < 4.78 is 1.46. The van der Waals surface area contributed by atoms with Crippen molar-refractivity contribution in [2.24, 2.45) is 0 Å². The van der Waals surface area contributed by atoms with Crippen LogP contribution < -0.4 is 0 Å². The van der Waals surface area contributed by atoms with E-state index in [1.807, 2.05) is 0 Å². The van der Waals surface area contributed by atoms with E-state index in [0.29, 0.717) is 22.0 Å². The fraction of sp³-hybridized carbons (Fsp3) is 0.176. The summed E-state index contributed by atoms with van der Waals surface area (Å²) in [6.07, 6.45) is 1.36. The molecule has 2 heterocycles. The number of likely N-dealkylation sites (N-methyl/N-ethyl adjacent to an activating group) is 2. The standard InChI is InChI=1S/C17H14Cl2N4O3/c1-9-12(8-13-15(24)21(2)17(26)22(3)16(13)25)14(19)23(20-9)11-6-4-5-10(18)7-11/h4-8H,1-3H3. The molecule has 0 bridgehead atoms. The second-order valence-corrected chi connectivity index (χ2v) is 6.54. The number of urea groups is 1. The Morgan fingerprint density at radius 2 is 1.65 bits per heavy atom. The Labute approximate surface area is 159 Å². The van der Waals surface area contributed by atoms with Crippen molar-refractivity contribution in [1.29, 1.82) is 0 Å². The number of hydrogen-bond acceptors (Lipinski definition) is 4. The Morgan fingerprint density at radius 1 is 1.04 bits per heavy atom. The van der Waals surface area contributed by atoms with Crippen molar-refractivity contribution >= 4 is 47.1 Å². The molecule has 0 radical (unpaired) electrons. The van der Waals surface area contributed by atoms with Crippen LogP contribution in [0.1, 0.15) is 11.3 Å². The summed E-state index contributed by atoms with van der Waals surface area (Å²) in [6, 6.07) is 6.26. The largest absolute Gasteiger partial charge is 0.333 e. The molecule has 1 aliphatic rings. The minimum Gasteiger partial charge on any atom is -0.268 e. The number of rotatable bonds is 2. The van der Waals surface area contributed by atoms with Gasteiger partial charge in [0.25, 0.3) is 11.8 Å². The molecule has 7 nitrogen and oxygen atoms in total. The summed E-state index contributed by atoms with van der Waals surface area (Å²) in [5.74, 6) is -1.38. The van der Waals surface area contributed by atoms with Crippen LogP contribution in [0.2, 0.25) is 10.2 Å². The molecule has 1 saturated heterocycles. The Hall–Kier alpha value is -2.64. The molecule has 0 N–H and O–H groups in total. The lowest BCUT2D eigenvalue weighted by atomic mass is 10.1. The minimum atomic E-state index is -0.691. The van der Waals surface area contributed by atoms with Gasteiger partial charge in [-0.25, -0.2) is 9.48 Å². The number of amides is 4. The van der Waals surface area contributed by atoms with Gasteiger partial charge >= 0.3 is 6.03 Å². The molecule has 134 valence electrons. The van der Waals surface area contributed by atoms with Crippen LogP contribution in [0.25, 0.3) is 11.8 Å². The van der Waals surface area contributed by atoms with Gasteiger partial charge in [0.1, 0.15) is 10.7 Å². The van der Waals surface area contributed by atoms with E-state index in [0.717, 1.165) is 9.80 Å². The number of carbonyl (C=O) groups excluding carboxylic acids is 3. The summed E-state index contributed by atoms with van der Waals surface area (Å²) >= 11 is 12.4. The normalized spacial score (nSPS) is 15.1. The highest BCUT2D eigenvalue weighted by atomic mass is 35.5. The summed E-state index contributed by atoms with van der Waals surface area (Å²) in [6.45, 7) is 1.70. The van der Waals surface area contributed by atoms with Crippen LogP contribution in [0.4, 0.5) is 4.79 Å². The molecule has 1 aromatic carbocycles. The monoisotopic (exact) mass is 392 g/mol. The van der Waals surface area contributed by atoms with E-state index in [1.54, 1.807) is 31.2 Å². The lowest BCUT2D eigenvalue weighted by Gasteiger charge is -2.28. The summed E-state index contributed by atoms with van der Waals surface area (Å²) in [5.41, 5.74) is 1.41. The number of barbiturate groups is 1. The smallest absolute Gasteiger partial charge is 0.268 e. The fourth-order valence-electron chi connectivity index (χ4n) is 2.57. The highest BCUT2D eigenvalue weighted by Crippen LogP contribution is 2.28. The number of hydrogen-bond donors (Lipinski definition) is 0. The lowest BCUT2D eigenvalue weighted by Crippen LogP contribution is -2.52. The fourth-order valence-corrected chi connectivity index (χ4v) is 3.08. The maximum absolute atomic E-state index is 12.3. The third kappa shape index (κ3) is 2.89. The molecule has 0 atom stereocenters. The van der Waals surface area contributed by atoms with Crippen LogP contribution in [-0.2, 0) is 9.59 Å². The Kier molecular flexibility index (Phi) is 4.60. The average Bonchev–Trinajstić information content (AvgIpc) is 2.89. The summed E-state index contributed by atoms with van der Waals surface area (Å²) in [4.78, 5) is 38.3. The van der Waals surface area contributed by atoms with Gasteiger partial charge in [0.05, 0.1) is 11.4 Å². The number of benzene rings is 1. The van der Waals surface area contributed by atoms with E-state index in [1.165, 1.54) is 24.9 Å². The van der Waals surface area contributed by atoms with E-state index >= 15 is 0 Å². The number of aromatic nitrogens is 2. The van der Waals surface area contributed by atoms with Gasteiger partial charge in [-0.2, -0.15) is 5.10 Å². The van der Waals surface area contributed by atoms with Crippen molar-refractivity contribution in [3.05, 3.63) is 51.3 Å². The molecule has 0 saturated carbocycles. The highest BCUT2D eigenvalue weighted by Gasteiger charge is 2.38. The predicted molar refractivity (Wildman–Crippen MR) is 97.2 cm³/mol. The maximum atomic E-state index is 12.3. The first kappa shape index (κ1) is 18.2. The zero-order chi connectivity index (χ0) is 19.2. The summed E-state index contributed by atoms with van der Waals surface area (Å²) in [5, 5.41) is 5.10. The molecular formula is C17H14Cl2N4O3. The Bertz CT molecular complexity index is 954. The van der Waals surface area contributed by atoms with Gasteiger partial charge in [0.2, 0.25) is 0 Å². The SMILES string of the molecule is Cc1nn(-c2cccc(Cl)c2)c(Cl)c1C=C1C(=O)N(C)C(=O)N(C)C1=O. The van der Waals surface area contributed by atoms with E-state index in [9.17, 15) is 14.4 Å². The Morgan fingerprint density at radius 3 is 2.23 bits per heavy atom. The minimum absolute atomic E-state index is 0.162. The van der Waals surface area contributed by atoms with Gasteiger partial charge in [-0.1, -0.05) is 29.3 Å².